The molecule has 2 fully saturated rings. The third kappa shape index (κ3) is 3.29. The summed E-state index contributed by atoms with van der Waals surface area (Å²) in [5, 5.41) is 6.57. The number of piperidine rings is 1. The molecule has 5 atom stereocenters. The molecule has 2 saturated heterocycles. The summed E-state index contributed by atoms with van der Waals surface area (Å²) >= 11 is 0. The molecule has 2 heterocycles. The standard InChI is InChI=1S/C15H28N2O2/c1-10-11(2)19-12(3)13(10)14(18)17-9-15(4)6-5-7-16-8-15/h10-13,16H,5-9H2,1-4H3,(H,17,18). The lowest BCUT2D eigenvalue weighted by Crippen LogP contribution is -2.48. The average molecular weight is 268 g/mol. The average Bonchev–Trinajstić information content (AvgIpc) is 2.62. The molecule has 110 valence electrons. The number of nitrogens with one attached hydrogen (secondary N) is 2. The summed E-state index contributed by atoms with van der Waals surface area (Å²) in [5.74, 6) is 0.457. The summed E-state index contributed by atoms with van der Waals surface area (Å²) in [6.07, 6.45) is 2.59. The van der Waals surface area contributed by atoms with Crippen LogP contribution < -0.4 is 10.6 Å². The first kappa shape index (κ1) is 14.8. The smallest absolute Gasteiger partial charge is 0.226 e. The van der Waals surface area contributed by atoms with Gasteiger partial charge in [0, 0.05) is 13.1 Å². The summed E-state index contributed by atoms with van der Waals surface area (Å²) in [5.41, 5.74) is 0.200. The Bertz CT molecular complexity index is 326. The maximum Gasteiger partial charge on any atom is 0.226 e. The van der Waals surface area contributed by atoms with Crippen molar-refractivity contribution < 1.29 is 9.53 Å². The Morgan fingerprint density at radius 2 is 2.11 bits per heavy atom. The fourth-order valence-electron chi connectivity index (χ4n) is 3.41. The minimum atomic E-state index is -0.00449. The molecule has 19 heavy (non-hydrogen) atoms. The highest BCUT2D eigenvalue weighted by Crippen LogP contribution is 2.32. The molecule has 0 saturated carbocycles. The molecule has 0 bridgehead atoms. The fourth-order valence-corrected chi connectivity index (χ4v) is 3.41. The molecule has 4 heteroatoms. The van der Waals surface area contributed by atoms with Crippen LogP contribution >= 0.6 is 0 Å². The van der Waals surface area contributed by atoms with Gasteiger partial charge in [0.05, 0.1) is 18.1 Å². The van der Waals surface area contributed by atoms with Crippen molar-refractivity contribution in [3.63, 3.8) is 0 Å². The predicted molar refractivity (Wildman–Crippen MR) is 75.9 cm³/mol. The minimum Gasteiger partial charge on any atom is -0.374 e. The molecule has 2 aliphatic heterocycles. The van der Waals surface area contributed by atoms with Crippen LogP contribution in [0.2, 0.25) is 0 Å². The van der Waals surface area contributed by atoms with Gasteiger partial charge in [-0.2, -0.15) is 0 Å². The molecule has 2 rings (SSSR count). The van der Waals surface area contributed by atoms with Crippen molar-refractivity contribution in [2.24, 2.45) is 17.3 Å². The first-order chi connectivity index (χ1) is 8.93. The minimum absolute atomic E-state index is 0.00449. The molecule has 0 aromatic heterocycles. The van der Waals surface area contributed by atoms with Crippen molar-refractivity contribution in [2.45, 2.75) is 52.7 Å². The van der Waals surface area contributed by atoms with Crippen LogP contribution in [0.1, 0.15) is 40.5 Å². The normalized spacial score (nSPS) is 43.2. The summed E-state index contributed by atoms with van der Waals surface area (Å²) in [6.45, 7) is 11.3. The summed E-state index contributed by atoms with van der Waals surface area (Å²) in [4.78, 5) is 12.4. The Hall–Kier alpha value is -0.610. The van der Waals surface area contributed by atoms with E-state index in [4.69, 9.17) is 4.74 Å². The van der Waals surface area contributed by atoms with Crippen LogP contribution in [0, 0.1) is 17.3 Å². The molecule has 1 amide bonds. The predicted octanol–water partition coefficient (Wildman–Crippen LogP) is 1.55. The van der Waals surface area contributed by atoms with E-state index >= 15 is 0 Å². The van der Waals surface area contributed by atoms with Crippen molar-refractivity contribution in [3.05, 3.63) is 0 Å². The highest BCUT2D eigenvalue weighted by Gasteiger charge is 2.42. The monoisotopic (exact) mass is 268 g/mol. The zero-order chi connectivity index (χ0) is 14.0. The van der Waals surface area contributed by atoms with E-state index in [9.17, 15) is 4.79 Å². The van der Waals surface area contributed by atoms with Crippen molar-refractivity contribution in [1.82, 2.24) is 10.6 Å². The van der Waals surface area contributed by atoms with Crippen molar-refractivity contribution >= 4 is 5.91 Å². The van der Waals surface area contributed by atoms with Crippen LogP contribution in [-0.2, 0) is 9.53 Å². The maximum absolute atomic E-state index is 12.4. The summed E-state index contributed by atoms with van der Waals surface area (Å²) in [6, 6.07) is 0. The maximum atomic E-state index is 12.4. The molecular weight excluding hydrogens is 240 g/mol. The Morgan fingerprint density at radius 3 is 2.63 bits per heavy atom. The van der Waals surface area contributed by atoms with Gasteiger partial charge < -0.3 is 15.4 Å². The number of carbonyl (C=O) groups excluding carboxylic acids is 1. The van der Waals surface area contributed by atoms with Crippen molar-refractivity contribution in [3.8, 4) is 0 Å². The molecule has 4 nitrogen and oxygen atoms in total. The second-order valence-corrected chi connectivity index (χ2v) is 6.74. The van der Waals surface area contributed by atoms with Gasteiger partial charge >= 0.3 is 0 Å². The van der Waals surface area contributed by atoms with E-state index in [1.54, 1.807) is 0 Å². The number of rotatable bonds is 3. The molecule has 0 aromatic rings. The van der Waals surface area contributed by atoms with E-state index in [0.29, 0.717) is 5.92 Å². The Morgan fingerprint density at radius 1 is 1.37 bits per heavy atom. The van der Waals surface area contributed by atoms with Crippen LogP contribution in [0.3, 0.4) is 0 Å². The number of hydrogen-bond donors (Lipinski definition) is 2. The van der Waals surface area contributed by atoms with Gasteiger partial charge in [0.15, 0.2) is 0 Å². The molecule has 0 radical (unpaired) electrons. The third-order valence-corrected chi connectivity index (χ3v) is 4.92. The van der Waals surface area contributed by atoms with Gasteiger partial charge in [-0.3, -0.25) is 4.79 Å². The lowest BCUT2D eigenvalue weighted by molar-refractivity contribution is -0.127. The lowest BCUT2D eigenvalue weighted by atomic mass is 9.82. The van der Waals surface area contributed by atoms with Gasteiger partial charge in [0.1, 0.15) is 0 Å². The quantitative estimate of drug-likeness (QED) is 0.816. The fraction of sp³-hybridized carbons (Fsp3) is 0.933. The zero-order valence-electron chi connectivity index (χ0n) is 12.7. The molecule has 2 N–H and O–H groups in total. The van der Waals surface area contributed by atoms with E-state index in [-0.39, 0.29) is 29.4 Å². The Labute approximate surface area is 116 Å². The number of carbonyl (C=O) groups is 1. The third-order valence-electron chi connectivity index (χ3n) is 4.92. The topological polar surface area (TPSA) is 50.4 Å². The Kier molecular flexibility index (Phi) is 4.51. The van der Waals surface area contributed by atoms with Crippen LogP contribution in [0.5, 0.6) is 0 Å². The molecule has 0 aromatic carbocycles. The summed E-state index contributed by atoms with van der Waals surface area (Å²) < 4.78 is 5.75. The molecular formula is C15H28N2O2. The van der Waals surface area contributed by atoms with E-state index in [2.05, 4.69) is 31.4 Å². The van der Waals surface area contributed by atoms with Gasteiger partial charge in [-0.25, -0.2) is 0 Å². The number of ether oxygens (including phenoxy) is 1. The zero-order valence-corrected chi connectivity index (χ0v) is 12.7. The summed E-state index contributed by atoms with van der Waals surface area (Å²) in [7, 11) is 0. The number of hydrogen-bond acceptors (Lipinski definition) is 3. The van der Waals surface area contributed by atoms with E-state index in [1.165, 1.54) is 12.8 Å². The molecule has 0 aliphatic carbocycles. The highest BCUT2D eigenvalue weighted by atomic mass is 16.5. The molecule has 5 unspecified atom stereocenters. The van der Waals surface area contributed by atoms with E-state index in [1.807, 2.05) is 6.92 Å². The second kappa shape index (κ2) is 5.80. The van der Waals surface area contributed by atoms with Gasteiger partial charge in [-0.15, -0.1) is 0 Å². The van der Waals surface area contributed by atoms with Gasteiger partial charge in [0.2, 0.25) is 5.91 Å². The molecule has 2 aliphatic rings. The first-order valence-corrected chi connectivity index (χ1v) is 7.57. The Balaban J connectivity index is 1.87. The lowest BCUT2D eigenvalue weighted by Gasteiger charge is -2.34. The first-order valence-electron chi connectivity index (χ1n) is 7.57. The van der Waals surface area contributed by atoms with Crippen molar-refractivity contribution in [1.29, 1.82) is 0 Å². The van der Waals surface area contributed by atoms with Gasteiger partial charge in [-0.05, 0) is 44.6 Å². The largest absolute Gasteiger partial charge is 0.374 e. The van der Waals surface area contributed by atoms with Crippen LogP contribution in [-0.4, -0.2) is 37.7 Å². The van der Waals surface area contributed by atoms with Crippen LogP contribution in [0.25, 0.3) is 0 Å². The number of amides is 1. The second-order valence-electron chi connectivity index (χ2n) is 6.74. The van der Waals surface area contributed by atoms with Crippen molar-refractivity contribution in [2.75, 3.05) is 19.6 Å². The van der Waals surface area contributed by atoms with E-state index in [0.717, 1.165) is 19.6 Å². The van der Waals surface area contributed by atoms with Crippen LogP contribution in [0.15, 0.2) is 0 Å². The van der Waals surface area contributed by atoms with E-state index < -0.39 is 0 Å². The van der Waals surface area contributed by atoms with Gasteiger partial charge in [0.25, 0.3) is 0 Å². The van der Waals surface area contributed by atoms with Gasteiger partial charge in [-0.1, -0.05) is 13.8 Å². The van der Waals surface area contributed by atoms with Crippen LogP contribution in [0.4, 0.5) is 0 Å². The highest BCUT2D eigenvalue weighted by molar-refractivity contribution is 5.80. The SMILES string of the molecule is CC1OC(C)C(C(=O)NCC2(C)CCCNC2)C1C. The molecule has 0 spiro atoms.